The van der Waals surface area contributed by atoms with Gasteiger partial charge in [-0.1, -0.05) is 23.7 Å². The molecule has 30 heavy (non-hydrogen) atoms. The van der Waals surface area contributed by atoms with Crippen LogP contribution in [0.2, 0.25) is 5.02 Å². The van der Waals surface area contributed by atoms with Crippen molar-refractivity contribution in [3.8, 4) is 5.75 Å². The molecule has 0 aliphatic carbocycles. The number of carbonyl (C=O) groups is 1. The maximum atomic E-state index is 12.6. The molecule has 0 spiro atoms. The van der Waals surface area contributed by atoms with Crippen molar-refractivity contribution in [1.82, 2.24) is 14.7 Å². The van der Waals surface area contributed by atoms with Crippen molar-refractivity contribution in [3.05, 3.63) is 76.9 Å². The number of rotatable bonds is 6. The molecule has 1 aliphatic rings. The van der Waals surface area contributed by atoms with E-state index in [0.717, 1.165) is 49.1 Å². The molecule has 1 aliphatic heterocycles. The molecule has 1 saturated heterocycles. The number of nitrogens with zero attached hydrogens (tertiary/aromatic N) is 3. The predicted molar refractivity (Wildman–Crippen MR) is 118 cm³/mol. The number of carbonyl (C=O) groups excluding carboxylic acids is 1. The standard InChI is InChI=1S/C23H25ClN4O2/c1-30-21-7-5-18(6-8-21)23(29)26-22-9-12-25-28(22)20-10-13-27(14-11-20)16-17-3-2-4-19(24)15-17/h2-9,12,15,20H,10-11,13-14,16H2,1H3,(H,26,29). The molecule has 0 unspecified atom stereocenters. The smallest absolute Gasteiger partial charge is 0.256 e. The van der Waals surface area contributed by atoms with Crippen LogP contribution in [-0.4, -0.2) is 40.8 Å². The number of piperidine rings is 1. The first-order valence-electron chi connectivity index (χ1n) is 10.1. The monoisotopic (exact) mass is 424 g/mol. The number of anilines is 1. The van der Waals surface area contributed by atoms with Crippen LogP contribution in [0, 0.1) is 0 Å². The normalized spacial score (nSPS) is 15.1. The van der Waals surface area contributed by atoms with Gasteiger partial charge in [-0.05, 0) is 54.8 Å². The highest BCUT2D eigenvalue weighted by molar-refractivity contribution is 6.30. The van der Waals surface area contributed by atoms with E-state index in [9.17, 15) is 4.79 Å². The van der Waals surface area contributed by atoms with E-state index in [4.69, 9.17) is 16.3 Å². The number of likely N-dealkylation sites (tertiary alicyclic amines) is 1. The lowest BCUT2D eigenvalue weighted by Gasteiger charge is -2.32. The number of halogens is 1. The van der Waals surface area contributed by atoms with E-state index in [0.29, 0.717) is 5.56 Å². The molecule has 2 heterocycles. The Hall–Kier alpha value is -2.83. The highest BCUT2D eigenvalue weighted by Gasteiger charge is 2.23. The average Bonchev–Trinajstić information content (AvgIpc) is 3.22. The maximum absolute atomic E-state index is 12.6. The van der Waals surface area contributed by atoms with Crippen molar-refractivity contribution in [2.24, 2.45) is 0 Å². The summed E-state index contributed by atoms with van der Waals surface area (Å²) in [7, 11) is 1.61. The molecule has 1 fully saturated rings. The molecule has 0 bridgehead atoms. The fourth-order valence-corrected chi connectivity index (χ4v) is 4.06. The molecular weight excluding hydrogens is 400 g/mol. The third-order valence-electron chi connectivity index (χ3n) is 5.46. The van der Waals surface area contributed by atoms with E-state index in [2.05, 4.69) is 21.4 Å². The van der Waals surface area contributed by atoms with Crippen LogP contribution < -0.4 is 10.1 Å². The van der Waals surface area contributed by atoms with Crippen molar-refractivity contribution in [2.45, 2.75) is 25.4 Å². The Labute approximate surface area is 181 Å². The predicted octanol–water partition coefficient (Wildman–Crippen LogP) is 4.63. The van der Waals surface area contributed by atoms with Gasteiger partial charge in [-0.15, -0.1) is 0 Å². The van der Waals surface area contributed by atoms with Gasteiger partial charge in [0, 0.05) is 36.3 Å². The molecule has 0 radical (unpaired) electrons. The van der Waals surface area contributed by atoms with Gasteiger partial charge in [-0.2, -0.15) is 5.10 Å². The number of aromatic nitrogens is 2. The molecule has 0 atom stereocenters. The minimum absolute atomic E-state index is 0.155. The topological polar surface area (TPSA) is 59.4 Å². The van der Waals surface area contributed by atoms with Crippen LogP contribution in [-0.2, 0) is 6.54 Å². The van der Waals surface area contributed by atoms with Crippen LogP contribution in [0.3, 0.4) is 0 Å². The largest absolute Gasteiger partial charge is 0.497 e. The lowest BCUT2D eigenvalue weighted by molar-refractivity contribution is 0.102. The lowest BCUT2D eigenvalue weighted by Crippen LogP contribution is -2.35. The number of hydrogen-bond donors (Lipinski definition) is 1. The third kappa shape index (κ3) is 4.83. The van der Waals surface area contributed by atoms with Crippen LogP contribution in [0.5, 0.6) is 5.75 Å². The van der Waals surface area contributed by atoms with E-state index in [1.807, 2.05) is 28.9 Å². The minimum Gasteiger partial charge on any atom is -0.497 e. The summed E-state index contributed by atoms with van der Waals surface area (Å²) in [6.45, 7) is 2.85. The van der Waals surface area contributed by atoms with Crippen LogP contribution >= 0.6 is 11.6 Å². The molecule has 7 heteroatoms. The highest BCUT2D eigenvalue weighted by Crippen LogP contribution is 2.27. The average molecular weight is 425 g/mol. The van der Waals surface area contributed by atoms with E-state index >= 15 is 0 Å². The number of hydrogen-bond acceptors (Lipinski definition) is 4. The third-order valence-corrected chi connectivity index (χ3v) is 5.70. The Bertz CT molecular complexity index is 994. The molecule has 4 rings (SSSR count). The van der Waals surface area contributed by atoms with Gasteiger partial charge in [0.1, 0.15) is 11.6 Å². The zero-order chi connectivity index (χ0) is 20.9. The summed E-state index contributed by atoms with van der Waals surface area (Å²) in [6, 6.07) is 17.2. The summed E-state index contributed by atoms with van der Waals surface area (Å²) in [6.07, 6.45) is 3.70. The molecule has 3 aromatic rings. The molecule has 2 aromatic carbocycles. The SMILES string of the molecule is COc1ccc(C(=O)Nc2ccnn2C2CCN(Cc3cccc(Cl)c3)CC2)cc1. The molecule has 6 nitrogen and oxygen atoms in total. The summed E-state index contributed by atoms with van der Waals surface area (Å²) in [5.74, 6) is 1.29. The zero-order valence-corrected chi connectivity index (χ0v) is 17.7. The molecule has 1 aromatic heterocycles. The van der Waals surface area contributed by atoms with Gasteiger partial charge in [-0.3, -0.25) is 9.69 Å². The Morgan fingerprint density at radius 3 is 2.63 bits per heavy atom. The summed E-state index contributed by atoms with van der Waals surface area (Å²) >= 11 is 6.10. The van der Waals surface area contributed by atoms with E-state index < -0.39 is 0 Å². The van der Waals surface area contributed by atoms with Gasteiger partial charge < -0.3 is 10.1 Å². The van der Waals surface area contributed by atoms with Gasteiger partial charge in [-0.25, -0.2) is 4.68 Å². The van der Waals surface area contributed by atoms with Crippen LogP contribution in [0.15, 0.2) is 60.8 Å². The Kier molecular flexibility index (Phi) is 6.35. The van der Waals surface area contributed by atoms with E-state index in [1.165, 1.54) is 5.56 Å². The summed E-state index contributed by atoms with van der Waals surface area (Å²) < 4.78 is 7.09. The second kappa shape index (κ2) is 9.32. The fraction of sp³-hybridized carbons (Fsp3) is 0.304. The van der Waals surface area contributed by atoms with Gasteiger partial charge in [0.15, 0.2) is 0 Å². The first-order valence-corrected chi connectivity index (χ1v) is 10.5. The van der Waals surface area contributed by atoms with Crippen molar-refractivity contribution in [2.75, 3.05) is 25.5 Å². The van der Waals surface area contributed by atoms with Crippen LogP contribution in [0.4, 0.5) is 5.82 Å². The zero-order valence-electron chi connectivity index (χ0n) is 16.9. The number of nitrogens with one attached hydrogen (secondary N) is 1. The number of ether oxygens (including phenoxy) is 1. The van der Waals surface area contributed by atoms with Crippen molar-refractivity contribution >= 4 is 23.3 Å². The molecule has 0 saturated carbocycles. The highest BCUT2D eigenvalue weighted by atomic mass is 35.5. The quantitative estimate of drug-likeness (QED) is 0.626. The van der Waals surface area contributed by atoms with Gasteiger partial charge >= 0.3 is 0 Å². The van der Waals surface area contributed by atoms with Gasteiger partial charge in [0.25, 0.3) is 5.91 Å². The molecule has 1 amide bonds. The first kappa shape index (κ1) is 20.4. The number of benzene rings is 2. The van der Waals surface area contributed by atoms with Crippen LogP contribution in [0.25, 0.3) is 0 Å². The lowest BCUT2D eigenvalue weighted by atomic mass is 10.0. The van der Waals surface area contributed by atoms with E-state index in [1.54, 1.807) is 37.6 Å². The second-order valence-electron chi connectivity index (χ2n) is 7.48. The Morgan fingerprint density at radius 2 is 1.93 bits per heavy atom. The van der Waals surface area contributed by atoms with Crippen molar-refractivity contribution in [1.29, 1.82) is 0 Å². The van der Waals surface area contributed by atoms with Crippen molar-refractivity contribution in [3.63, 3.8) is 0 Å². The second-order valence-corrected chi connectivity index (χ2v) is 7.92. The number of amides is 1. The maximum Gasteiger partial charge on any atom is 0.256 e. The minimum atomic E-state index is -0.155. The summed E-state index contributed by atoms with van der Waals surface area (Å²) in [5, 5.41) is 8.25. The van der Waals surface area contributed by atoms with E-state index in [-0.39, 0.29) is 11.9 Å². The molecule has 156 valence electrons. The Balaban J connectivity index is 1.36. The summed E-state index contributed by atoms with van der Waals surface area (Å²) in [4.78, 5) is 15.0. The summed E-state index contributed by atoms with van der Waals surface area (Å²) in [5.41, 5.74) is 1.81. The van der Waals surface area contributed by atoms with Crippen molar-refractivity contribution < 1.29 is 9.53 Å². The molecular formula is C23H25ClN4O2. The van der Waals surface area contributed by atoms with Gasteiger partial charge in [0.05, 0.1) is 19.3 Å². The fourth-order valence-electron chi connectivity index (χ4n) is 3.85. The van der Waals surface area contributed by atoms with Crippen LogP contribution in [0.1, 0.15) is 34.8 Å². The molecule has 1 N–H and O–H groups in total. The van der Waals surface area contributed by atoms with Gasteiger partial charge in [0.2, 0.25) is 0 Å². The first-order chi connectivity index (χ1) is 14.6. The Morgan fingerprint density at radius 1 is 1.17 bits per heavy atom. The number of methoxy groups -OCH3 is 1.